The van der Waals surface area contributed by atoms with Crippen molar-refractivity contribution in [2.45, 2.75) is 33.2 Å². The first kappa shape index (κ1) is 10.5. The van der Waals surface area contributed by atoms with Gasteiger partial charge in [-0.25, -0.2) is 0 Å². The van der Waals surface area contributed by atoms with Crippen LogP contribution in [0.5, 0.6) is 0 Å². The third kappa shape index (κ3) is 2.99. The number of carbonyl (C=O) groups excluding carboxylic acids is 1. The zero-order valence-electron chi connectivity index (χ0n) is 8.98. The molecule has 2 atom stereocenters. The molecule has 3 nitrogen and oxygen atoms in total. The number of rotatable bonds is 1. The van der Waals surface area contributed by atoms with E-state index < -0.39 is 0 Å². The molecule has 1 aliphatic heterocycles. The second-order valence-corrected chi connectivity index (χ2v) is 4.98. The SMILES string of the molecule is C[C@@H]1CNC[C@H]1C(=O)NC(C)(C)C. The third-order valence-electron chi connectivity index (χ3n) is 2.35. The molecule has 0 bridgehead atoms. The second-order valence-electron chi connectivity index (χ2n) is 4.98. The fourth-order valence-electron chi connectivity index (χ4n) is 1.62. The average molecular weight is 184 g/mol. The van der Waals surface area contributed by atoms with Crippen molar-refractivity contribution in [1.82, 2.24) is 10.6 Å². The maximum Gasteiger partial charge on any atom is 0.225 e. The summed E-state index contributed by atoms with van der Waals surface area (Å²) in [7, 11) is 0. The molecule has 1 rings (SSSR count). The highest BCUT2D eigenvalue weighted by atomic mass is 16.2. The molecule has 2 N–H and O–H groups in total. The van der Waals surface area contributed by atoms with Gasteiger partial charge in [0.2, 0.25) is 5.91 Å². The van der Waals surface area contributed by atoms with Crippen LogP contribution in [-0.4, -0.2) is 24.5 Å². The predicted octanol–water partition coefficient (Wildman–Crippen LogP) is 0.757. The Bertz CT molecular complexity index is 196. The number of amides is 1. The van der Waals surface area contributed by atoms with Gasteiger partial charge in [-0.15, -0.1) is 0 Å². The van der Waals surface area contributed by atoms with Crippen molar-refractivity contribution in [1.29, 1.82) is 0 Å². The van der Waals surface area contributed by atoms with E-state index in [4.69, 9.17) is 0 Å². The second kappa shape index (κ2) is 3.66. The normalized spacial score (nSPS) is 28.9. The van der Waals surface area contributed by atoms with Gasteiger partial charge in [-0.3, -0.25) is 4.79 Å². The number of hydrogen-bond donors (Lipinski definition) is 2. The van der Waals surface area contributed by atoms with Gasteiger partial charge in [-0.2, -0.15) is 0 Å². The van der Waals surface area contributed by atoms with Gasteiger partial charge in [-0.05, 0) is 33.2 Å². The van der Waals surface area contributed by atoms with Gasteiger partial charge in [0.1, 0.15) is 0 Å². The highest BCUT2D eigenvalue weighted by Crippen LogP contribution is 2.16. The van der Waals surface area contributed by atoms with Crippen LogP contribution >= 0.6 is 0 Å². The summed E-state index contributed by atoms with van der Waals surface area (Å²) in [5, 5.41) is 6.24. The van der Waals surface area contributed by atoms with Gasteiger partial charge in [0.25, 0.3) is 0 Å². The van der Waals surface area contributed by atoms with Gasteiger partial charge >= 0.3 is 0 Å². The highest BCUT2D eigenvalue weighted by Gasteiger charge is 2.31. The van der Waals surface area contributed by atoms with Crippen molar-refractivity contribution in [3.05, 3.63) is 0 Å². The van der Waals surface area contributed by atoms with Crippen LogP contribution in [0.2, 0.25) is 0 Å². The molecule has 1 saturated heterocycles. The van der Waals surface area contributed by atoms with Gasteiger partial charge in [0, 0.05) is 12.1 Å². The fourth-order valence-corrected chi connectivity index (χ4v) is 1.62. The van der Waals surface area contributed by atoms with Crippen LogP contribution in [0.3, 0.4) is 0 Å². The largest absolute Gasteiger partial charge is 0.351 e. The zero-order valence-corrected chi connectivity index (χ0v) is 8.98. The van der Waals surface area contributed by atoms with Crippen molar-refractivity contribution in [3.63, 3.8) is 0 Å². The van der Waals surface area contributed by atoms with E-state index in [1.165, 1.54) is 0 Å². The zero-order chi connectivity index (χ0) is 10.1. The summed E-state index contributed by atoms with van der Waals surface area (Å²) in [4.78, 5) is 11.7. The molecule has 1 amide bonds. The lowest BCUT2D eigenvalue weighted by molar-refractivity contribution is -0.126. The molecule has 3 heteroatoms. The van der Waals surface area contributed by atoms with Crippen LogP contribution < -0.4 is 10.6 Å². The van der Waals surface area contributed by atoms with Gasteiger partial charge in [0.05, 0.1) is 5.92 Å². The first-order chi connectivity index (χ1) is 5.90. The van der Waals surface area contributed by atoms with Gasteiger partial charge < -0.3 is 10.6 Å². The lowest BCUT2D eigenvalue weighted by atomic mass is 9.96. The topological polar surface area (TPSA) is 41.1 Å². The van der Waals surface area contributed by atoms with Crippen LogP contribution in [-0.2, 0) is 4.79 Å². The van der Waals surface area contributed by atoms with E-state index in [0.29, 0.717) is 5.92 Å². The first-order valence-corrected chi connectivity index (χ1v) is 4.93. The van der Waals surface area contributed by atoms with E-state index in [2.05, 4.69) is 17.6 Å². The first-order valence-electron chi connectivity index (χ1n) is 4.93. The molecule has 0 spiro atoms. The molecule has 76 valence electrons. The molecular formula is C10H20N2O. The Morgan fingerprint density at radius 1 is 1.38 bits per heavy atom. The molecular weight excluding hydrogens is 164 g/mol. The van der Waals surface area contributed by atoms with Gasteiger partial charge in [-0.1, -0.05) is 6.92 Å². The Morgan fingerprint density at radius 2 is 2.00 bits per heavy atom. The van der Waals surface area contributed by atoms with E-state index in [-0.39, 0.29) is 17.4 Å². The molecule has 0 aromatic heterocycles. The lowest BCUT2D eigenvalue weighted by Crippen LogP contribution is -2.45. The minimum Gasteiger partial charge on any atom is -0.351 e. The maximum atomic E-state index is 11.7. The monoisotopic (exact) mass is 184 g/mol. The Labute approximate surface area is 80.3 Å². The van der Waals surface area contributed by atoms with Crippen molar-refractivity contribution in [2.75, 3.05) is 13.1 Å². The van der Waals surface area contributed by atoms with Crippen LogP contribution in [0.25, 0.3) is 0 Å². The molecule has 0 aromatic rings. The molecule has 1 fully saturated rings. The summed E-state index contributed by atoms with van der Waals surface area (Å²) in [5.74, 6) is 0.798. The summed E-state index contributed by atoms with van der Waals surface area (Å²) in [6, 6.07) is 0. The van der Waals surface area contributed by atoms with Crippen molar-refractivity contribution in [2.24, 2.45) is 11.8 Å². The number of hydrogen-bond acceptors (Lipinski definition) is 2. The van der Waals surface area contributed by atoms with Crippen LogP contribution in [0.1, 0.15) is 27.7 Å². The Hall–Kier alpha value is -0.570. The molecule has 0 saturated carbocycles. The quantitative estimate of drug-likeness (QED) is 0.631. The lowest BCUT2D eigenvalue weighted by Gasteiger charge is -2.24. The van der Waals surface area contributed by atoms with Crippen molar-refractivity contribution >= 4 is 5.91 Å². The van der Waals surface area contributed by atoms with Crippen LogP contribution in [0, 0.1) is 11.8 Å². The summed E-state index contributed by atoms with van der Waals surface area (Å²) in [5.41, 5.74) is -0.112. The van der Waals surface area contributed by atoms with Gasteiger partial charge in [0.15, 0.2) is 0 Å². The molecule has 1 aliphatic rings. The van der Waals surface area contributed by atoms with E-state index in [9.17, 15) is 4.79 Å². The minimum atomic E-state index is -0.112. The summed E-state index contributed by atoms with van der Waals surface area (Å²) in [6.45, 7) is 9.94. The molecule has 0 radical (unpaired) electrons. The van der Waals surface area contributed by atoms with Crippen LogP contribution in [0.4, 0.5) is 0 Å². The fraction of sp³-hybridized carbons (Fsp3) is 0.900. The Balaban J connectivity index is 2.48. The average Bonchev–Trinajstić information content (AvgIpc) is 2.30. The van der Waals surface area contributed by atoms with Crippen molar-refractivity contribution < 1.29 is 4.79 Å². The van der Waals surface area contributed by atoms with E-state index in [1.807, 2.05) is 20.8 Å². The molecule has 0 aromatic carbocycles. The van der Waals surface area contributed by atoms with E-state index in [1.54, 1.807) is 0 Å². The molecule has 13 heavy (non-hydrogen) atoms. The number of carbonyl (C=O) groups is 1. The Kier molecular flexibility index (Phi) is 2.96. The van der Waals surface area contributed by atoms with Crippen molar-refractivity contribution in [3.8, 4) is 0 Å². The molecule has 0 aliphatic carbocycles. The summed E-state index contributed by atoms with van der Waals surface area (Å²) in [6.07, 6.45) is 0. The molecule has 0 unspecified atom stereocenters. The standard InChI is InChI=1S/C10H20N2O/c1-7-5-11-6-8(7)9(13)12-10(2,3)4/h7-8,11H,5-6H2,1-4H3,(H,12,13)/t7-,8-/m1/s1. The maximum absolute atomic E-state index is 11.7. The summed E-state index contributed by atoms with van der Waals surface area (Å²) >= 11 is 0. The third-order valence-corrected chi connectivity index (χ3v) is 2.35. The number of nitrogens with one attached hydrogen (secondary N) is 2. The van der Waals surface area contributed by atoms with E-state index in [0.717, 1.165) is 13.1 Å². The highest BCUT2D eigenvalue weighted by molar-refractivity contribution is 5.80. The predicted molar refractivity (Wildman–Crippen MR) is 53.4 cm³/mol. The Morgan fingerprint density at radius 3 is 2.38 bits per heavy atom. The summed E-state index contributed by atoms with van der Waals surface area (Å²) < 4.78 is 0. The minimum absolute atomic E-state index is 0.112. The van der Waals surface area contributed by atoms with Crippen LogP contribution in [0.15, 0.2) is 0 Å². The molecule has 1 heterocycles. The van der Waals surface area contributed by atoms with E-state index >= 15 is 0 Å². The smallest absolute Gasteiger partial charge is 0.225 e.